The maximum absolute atomic E-state index is 13.3. The van der Waals surface area contributed by atoms with Gasteiger partial charge in [0.1, 0.15) is 11.5 Å². The first-order valence-electron chi connectivity index (χ1n) is 10.1. The minimum atomic E-state index is -0.295. The number of carbonyl (C=O) groups is 1. The number of hydrogen-bond donors (Lipinski definition) is 1. The predicted octanol–water partition coefficient (Wildman–Crippen LogP) is 3.92. The third-order valence-electron chi connectivity index (χ3n) is 5.10. The molecule has 0 atom stereocenters. The number of nitrogens with one attached hydrogen (secondary N) is 1. The van der Waals surface area contributed by atoms with Crippen molar-refractivity contribution < 1.29 is 4.79 Å². The van der Waals surface area contributed by atoms with Crippen LogP contribution in [-0.2, 0) is 11.2 Å². The van der Waals surface area contributed by atoms with Crippen molar-refractivity contribution in [3.8, 4) is 5.69 Å². The molecule has 156 valence electrons. The Labute approximate surface area is 181 Å². The van der Waals surface area contributed by atoms with Crippen molar-refractivity contribution in [2.75, 3.05) is 19.4 Å². The molecule has 1 aliphatic rings. The van der Waals surface area contributed by atoms with Crippen molar-refractivity contribution in [1.82, 2.24) is 9.47 Å². The van der Waals surface area contributed by atoms with Gasteiger partial charge < -0.3 is 10.2 Å². The Morgan fingerprint density at radius 3 is 2.32 bits per heavy atom. The van der Waals surface area contributed by atoms with E-state index >= 15 is 0 Å². The zero-order chi connectivity index (χ0) is 22.0. The lowest BCUT2D eigenvalue weighted by Gasteiger charge is -2.22. The Kier molecular flexibility index (Phi) is 5.54. The van der Waals surface area contributed by atoms with E-state index in [0.717, 1.165) is 17.1 Å². The molecule has 0 bridgehead atoms. The second-order valence-corrected chi connectivity index (χ2v) is 7.59. The molecule has 1 aromatic heterocycles. The van der Waals surface area contributed by atoms with E-state index in [-0.39, 0.29) is 17.0 Å². The molecule has 1 aliphatic heterocycles. The average molecular weight is 412 g/mol. The summed E-state index contributed by atoms with van der Waals surface area (Å²) in [7, 11) is 3.32. The van der Waals surface area contributed by atoms with Crippen molar-refractivity contribution >= 4 is 23.1 Å². The topological polar surface area (TPSA) is 66.7 Å². The highest BCUT2D eigenvalue weighted by atomic mass is 16.2. The largest absolute Gasteiger partial charge is 0.343 e. The van der Waals surface area contributed by atoms with Gasteiger partial charge in [-0.3, -0.25) is 14.2 Å². The van der Waals surface area contributed by atoms with Crippen molar-refractivity contribution in [3.05, 3.63) is 100.0 Å². The maximum Gasteiger partial charge on any atom is 0.272 e. The molecule has 0 radical (unpaired) electrons. The number of pyridine rings is 1. The Morgan fingerprint density at radius 2 is 1.68 bits per heavy atom. The van der Waals surface area contributed by atoms with Crippen LogP contribution in [-0.4, -0.2) is 35.2 Å². The summed E-state index contributed by atoms with van der Waals surface area (Å²) in [4.78, 5) is 32.2. The van der Waals surface area contributed by atoms with Crippen LogP contribution >= 0.6 is 0 Å². The van der Waals surface area contributed by atoms with Crippen LogP contribution in [0.15, 0.2) is 88.3 Å². The molecular formula is C25H24N4O2. The summed E-state index contributed by atoms with van der Waals surface area (Å²) in [5.41, 5.74) is 3.46. The van der Waals surface area contributed by atoms with Crippen LogP contribution < -0.4 is 10.7 Å². The quantitative estimate of drug-likeness (QED) is 0.706. The normalized spacial score (nSPS) is 12.9. The van der Waals surface area contributed by atoms with Gasteiger partial charge in [0.25, 0.3) is 5.91 Å². The number of likely N-dealkylation sites (N-methyl/N-ethyl adjacent to an activating group) is 1. The number of aromatic nitrogens is 1. The molecule has 0 unspecified atom stereocenters. The highest BCUT2D eigenvalue weighted by Crippen LogP contribution is 2.26. The molecule has 0 saturated heterocycles. The van der Waals surface area contributed by atoms with Gasteiger partial charge >= 0.3 is 0 Å². The fourth-order valence-corrected chi connectivity index (χ4v) is 3.63. The number of aliphatic imine (C=N–C) groups is 1. The van der Waals surface area contributed by atoms with Gasteiger partial charge in [0.15, 0.2) is 5.43 Å². The third kappa shape index (κ3) is 4.05. The second-order valence-electron chi connectivity index (χ2n) is 7.59. The zero-order valence-corrected chi connectivity index (χ0v) is 17.8. The predicted molar refractivity (Wildman–Crippen MR) is 124 cm³/mol. The monoisotopic (exact) mass is 412 g/mol. The van der Waals surface area contributed by atoms with Gasteiger partial charge in [-0.25, -0.2) is 4.99 Å². The Balaban J connectivity index is 2.01. The molecule has 31 heavy (non-hydrogen) atoms. The summed E-state index contributed by atoms with van der Waals surface area (Å²) in [5, 5.41) is 3.37. The molecule has 6 heteroatoms. The lowest BCUT2D eigenvalue weighted by atomic mass is 10.0. The zero-order valence-electron chi connectivity index (χ0n) is 17.8. The van der Waals surface area contributed by atoms with Gasteiger partial charge in [0.2, 0.25) is 0 Å². The van der Waals surface area contributed by atoms with E-state index in [4.69, 9.17) is 0 Å². The van der Waals surface area contributed by atoms with Crippen LogP contribution in [0.25, 0.3) is 5.69 Å². The van der Waals surface area contributed by atoms with Gasteiger partial charge in [-0.15, -0.1) is 0 Å². The number of carbonyl (C=O) groups excluding carboxylic acids is 1. The van der Waals surface area contributed by atoms with Crippen LogP contribution in [0.3, 0.4) is 0 Å². The van der Waals surface area contributed by atoms with E-state index in [1.165, 1.54) is 11.0 Å². The van der Waals surface area contributed by atoms with Gasteiger partial charge in [-0.05, 0) is 31.2 Å². The number of allylic oxidation sites excluding steroid dienone is 2. The number of hydrogen-bond acceptors (Lipinski definition) is 4. The summed E-state index contributed by atoms with van der Waals surface area (Å²) in [6.07, 6.45) is 2.42. The first kappa shape index (κ1) is 20.3. The van der Waals surface area contributed by atoms with Crippen molar-refractivity contribution in [1.29, 1.82) is 0 Å². The fraction of sp³-hybridized carbons (Fsp3) is 0.160. The van der Waals surface area contributed by atoms with E-state index in [2.05, 4.69) is 10.3 Å². The highest BCUT2D eigenvalue weighted by molar-refractivity contribution is 6.45. The molecule has 1 amide bonds. The van der Waals surface area contributed by atoms with Crippen LogP contribution in [0.4, 0.5) is 11.5 Å². The number of nitrogens with zero attached hydrogens (tertiary/aromatic N) is 3. The lowest BCUT2D eigenvalue weighted by Crippen LogP contribution is -2.35. The van der Waals surface area contributed by atoms with Gasteiger partial charge in [0.05, 0.1) is 5.56 Å². The van der Waals surface area contributed by atoms with E-state index in [1.54, 1.807) is 14.1 Å². The summed E-state index contributed by atoms with van der Waals surface area (Å²) >= 11 is 0. The summed E-state index contributed by atoms with van der Waals surface area (Å²) < 4.78 is 2.00. The molecule has 3 aromatic rings. The van der Waals surface area contributed by atoms with Crippen LogP contribution in [0.2, 0.25) is 0 Å². The molecule has 6 nitrogen and oxygen atoms in total. The first-order chi connectivity index (χ1) is 15.0. The Hall–Kier alpha value is -3.93. The van der Waals surface area contributed by atoms with Crippen LogP contribution in [0, 0.1) is 0 Å². The highest BCUT2D eigenvalue weighted by Gasteiger charge is 2.27. The summed E-state index contributed by atoms with van der Waals surface area (Å²) in [6.45, 7) is 1.84. The van der Waals surface area contributed by atoms with E-state index < -0.39 is 0 Å². The average Bonchev–Trinajstić information content (AvgIpc) is 2.94. The van der Waals surface area contributed by atoms with Crippen LogP contribution in [0.1, 0.15) is 18.2 Å². The van der Waals surface area contributed by atoms with E-state index in [9.17, 15) is 9.59 Å². The van der Waals surface area contributed by atoms with Crippen LogP contribution in [0.5, 0.6) is 0 Å². The first-order valence-corrected chi connectivity index (χ1v) is 10.1. The number of fused-ring (bicyclic) bond motifs is 1. The van der Waals surface area contributed by atoms with E-state index in [1.807, 2.05) is 78.2 Å². The maximum atomic E-state index is 13.3. The standard InChI is InChI=1S/C25H24N4O2/c1-17-14-15-20-23(24(26-17)25(31)28(2)3)21(30)16-22(27-18-10-6-4-7-11-18)29(20)19-12-8-5-9-13-19/h4-14,16,27H,15H2,1-3H3. The van der Waals surface area contributed by atoms with Crippen molar-refractivity contribution in [2.24, 2.45) is 4.99 Å². The second kappa shape index (κ2) is 8.44. The number of benzene rings is 2. The van der Waals surface area contributed by atoms with E-state index in [0.29, 0.717) is 23.5 Å². The minimum absolute atomic E-state index is 0.173. The number of para-hydroxylation sites is 2. The molecular weight excluding hydrogens is 388 g/mol. The fourth-order valence-electron chi connectivity index (χ4n) is 3.63. The van der Waals surface area contributed by atoms with Gasteiger partial charge in [-0.1, -0.05) is 42.5 Å². The smallest absolute Gasteiger partial charge is 0.272 e. The minimum Gasteiger partial charge on any atom is -0.343 e. The number of anilines is 2. The Bertz CT molecular complexity index is 1240. The molecule has 0 saturated carbocycles. The molecule has 0 spiro atoms. The molecule has 0 aliphatic carbocycles. The number of amides is 1. The number of rotatable bonds is 4. The Morgan fingerprint density at radius 1 is 1.03 bits per heavy atom. The summed E-state index contributed by atoms with van der Waals surface area (Å²) in [5.74, 6) is 0.335. The third-order valence-corrected chi connectivity index (χ3v) is 5.10. The van der Waals surface area contributed by atoms with Crippen molar-refractivity contribution in [3.63, 3.8) is 0 Å². The SMILES string of the molecule is CC1=CCc2c(c(=O)cc(Nc3ccccc3)n2-c2ccccc2)C(C(=O)N(C)C)=N1. The lowest BCUT2D eigenvalue weighted by molar-refractivity contribution is -0.121. The molecule has 2 aromatic carbocycles. The van der Waals surface area contributed by atoms with Gasteiger partial charge in [0, 0.05) is 49.3 Å². The molecule has 2 heterocycles. The molecule has 1 N–H and O–H groups in total. The summed E-state index contributed by atoms with van der Waals surface area (Å²) in [6, 6.07) is 21.0. The molecule has 4 rings (SSSR count). The van der Waals surface area contributed by atoms with Gasteiger partial charge in [-0.2, -0.15) is 0 Å². The molecule has 0 fully saturated rings. The van der Waals surface area contributed by atoms with Crippen molar-refractivity contribution in [2.45, 2.75) is 13.3 Å².